The molecule has 1 aliphatic carbocycles. The topological polar surface area (TPSA) is 60.2 Å². The smallest absolute Gasteiger partial charge is 0.158 e. The minimum absolute atomic E-state index is 0.0267. The summed E-state index contributed by atoms with van der Waals surface area (Å²) in [6.45, 7) is 4.06. The van der Waals surface area contributed by atoms with Crippen LogP contribution < -0.4 is 5.73 Å². The van der Waals surface area contributed by atoms with Crippen molar-refractivity contribution in [3.05, 3.63) is 34.9 Å². The molecule has 19 heavy (non-hydrogen) atoms. The molecule has 2 unspecified atom stereocenters. The van der Waals surface area contributed by atoms with E-state index in [0.717, 1.165) is 6.42 Å². The fraction of sp³-hybridized carbons (Fsp3) is 0.571. The molecule has 106 valence electrons. The molecule has 0 bridgehead atoms. The summed E-state index contributed by atoms with van der Waals surface area (Å²) in [5, 5.41) is 0.0377. The van der Waals surface area contributed by atoms with E-state index in [1.807, 2.05) is 13.8 Å². The molecule has 0 spiro atoms. The van der Waals surface area contributed by atoms with Crippen molar-refractivity contribution in [2.24, 2.45) is 11.1 Å². The second-order valence-corrected chi connectivity index (χ2v) is 8.62. The van der Waals surface area contributed by atoms with E-state index in [2.05, 4.69) is 0 Å². The number of hydrogen-bond acceptors (Lipinski definition) is 3. The van der Waals surface area contributed by atoms with Crippen LogP contribution in [0.2, 0.25) is 5.02 Å². The molecule has 1 aromatic rings. The van der Waals surface area contributed by atoms with Crippen LogP contribution in [-0.2, 0) is 15.6 Å². The van der Waals surface area contributed by atoms with Gasteiger partial charge < -0.3 is 5.73 Å². The second kappa shape index (κ2) is 5.08. The molecule has 2 N–H and O–H groups in total. The standard InChI is InChI=1S/C14H20ClNO2S/c1-14(2)8-7-12(13(14)16)19(17,18)9-10-5-3-4-6-11(10)15/h3-6,12-13H,7-9,16H2,1-2H3. The Bertz CT molecular complexity index is 569. The van der Waals surface area contributed by atoms with Gasteiger partial charge in [0.2, 0.25) is 0 Å². The third-order valence-electron chi connectivity index (χ3n) is 4.15. The van der Waals surface area contributed by atoms with Crippen molar-refractivity contribution in [3.63, 3.8) is 0 Å². The van der Waals surface area contributed by atoms with E-state index < -0.39 is 15.1 Å². The first-order chi connectivity index (χ1) is 8.74. The van der Waals surface area contributed by atoms with Gasteiger partial charge in [0.15, 0.2) is 9.84 Å². The van der Waals surface area contributed by atoms with Crippen molar-refractivity contribution in [1.29, 1.82) is 0 Å². The predicted molar refractivity (Wildman–Crippen MR) is 78.9 cm³/mol. The van der Waals surface area contributed by atoms with Gasteiger partial charge in [0.05, 0.1) is 11.0 Å². The van der Waals surface area contributed by atoms with Gasteiger partial charge in [-0.1, -0.05) is 43.6 Å². The number of rotatable bonds is 3. The van der Waals surface area contributed by atoms with E-state index in [1.54, 1.807) is 24.3 Å². The lowest BCUT2D eigenvalue weighted by atomic mass is 9.88. The first-order valence-corrected chi connectivity index (χ1v) is 8.54. The highest BCUT2D eigenvalue weighted by atomic mass is 35.5. The molecular weight excluding hydrogens is 282 g/mol. The summed E-state index contributed by atoms with van der Waals surface area (Å²) in [4.78, 5) is 0. The van der Waals surface area contributed by atoms with Gasteiger partial charge in [-0.15, -0.1) is 0 Å². The van der Waals surface area contributed by atoms with Gasteiger partial charge in [-0.25, -0.2) is 8.42 Å². The SMILES string of the molecule is CC1(C)CCC(S(=O)(=O)Cc2ccccc2Cl)C1N. The Labute approximate surface area is 120 Å². The van der Waals surface area contributed by atoms with E-state index >= 15 is 0 Å². The van der Waals surface area contributed by atoms with E-state index in [0.29, 0.717) is 17.0 Å². The van der Waals surface area contributed by atoms with Crippen LogP contribution in [0, 0.1) is 5.41 Å². The van der Waals surface area contributed by atoms with Crippen molar-refractivity contribution in [2.45, 2.75) is 43.7 Å². The summed E-state index contributed by atoms with van der Waals surface area (Å²) in [6, 6.07) is 6.76. The summed E-state index contributed by atoms with van der Waals surface area (Å²) in [5.74, 6) is -0.0267. The molecule has 0 radical (unpaired) electrons. The molecule has 1 aliphatic rings. The summed E-state index contributed by atoms with van der Waals surface area (Å²) in [7, 11) is -3.27. The molecule has 2 atom stereocenters. The largest absolute Gasteiger partial charge is 0.326 e. The normalized spacial score (nSPS) is 26.5. The maximum absolute atomic E-state index is 12.5. The minimum Gasteiger partial charge on any atom is -0.326 e. The number of hydrogen-bond donors (Lipinski definition) is 1. The Morgan fingerprint density at radius 2 is 2.00 bits per heavy atom. The van der Waals surface area contributed by atoms with Gasteiger partial charge in [0, 0.05) is 11.1 Å². The fourth-order valence-electron chi connectivity index (χ4n) is 2.71. The van der Waals surface area contributed by atoms with E-state index in [4.69, 9.17) is 17.3 Å². The molecule has 0 aromatic heterocycles. The van der Waals surface area contributed by atoms with Crippen LogP contribution in [0.25, 0.3) is 0 Å². The lowest BCUT2D eigenvalue weighted by Crippen LogP contribution is -2.43. The molecule has 1 saturated carbocycles. The second-order valence-electron chi connectivity index (χ2n) is 5.99. The third-order valence-corrected chi connectivity index (χ3v) is 6.69. The lowest BCUT2D eigenvalue weighted by molar-refractivity contribution is 0.332. The van der Waals surface area contributed by atoms with Crippen molar-refractivity contribution < 1.29 is 8.42 Å². The number of halogens is 1. The molecule has 5 heteroatoms. The Hall–Kier alpha value is -0.580. The first kappa shape index (κ1) is 14.8. The summed E-state index contributed by atoms with van der Waals surface area (Å²) >= 11 is 6.03. The van der Waals surface area contributed by atoms with Gasteiger partial charge in [-0.05, 0) is 29.9 Å². The van der Waals surface area contributed by atoms with Crippen LogP contribution in [0.15, 0.2) is 24.3 Å². The number of sulfone groups is 1. The maximum atomic E-state index is 12.5. The van der Waals surface area contributed by atoms with Gasteiger partial charge in [-0.2, -0.15) is 0 Å². The van der Waals surface area contributed by atoms with Crippen LogP contribution >= 0.6 is 11.6 Å². The zero-order valence-corrected chi connectivity index (χ0v) is 12.8. The Morgan fingerprint density at radius 1 is 1.37 bits per heavy atom. The van der Waals surface area contributed by atoms with Crippen molar-refractivity contribution in [1.82, 2.24) is 0 Å². The molecule has 0 heterocycles. The lowest BCUT2D eigenvalue weighted by Gasteiger charge is -2.26. The average Bonchev–Trinajstić information content (AvgIpc) is 2.58. The monoisotopic (exact) mass is 301 g/mol. The quantitative estimate of drug-likeness (QED) is 0.934. The van der Waals surface area contributed by atoms with Gasteiger partial charge in [0.25, 0.3) is 0 Å². The van der Waals surface area contributed by atoms with Gasteiger partial charge in [-0.3, -0.25) is 0 Å². The fourth-order valence-corrected chi connectivity index (χ4v) is 5.18. The number of benzene rings is 1. The highest BCUT2D eigenvalue weighted by Gasteiger charge is 2.45. The minimum atomic E-state index is -3.27. The molecule has 2 rings (SSSR count). The molecule has 0 aliphatic heterocycles. The molecule has 0 amide bonds. The molecule has 3 nitrogen and oxygen atoms in total. The third kappa shape index (κ3) is 2.96. The van der Waals surface area contributed by atoms with Crippen molar-refractivity contribution in [3.8, 4) is 0 Å². The molecule has 0 saturated heterocycles. The summed E-state index contributed by atoms with van der Waals surface area (Å²) in [6.07, 6.45) is 1.49. The maximum Gasteiger partial charge on any atom is 0.158 e. The average molecular weight is 302 g/mol. The van der Waals surface area contributed by atoms with E-state index in [1.165, 1.54) is 0 Å². The van der Waals surface area contributed by atoms with Crippen LogP contribution in [0.1, 0.15) is 32.3 Å². The predicted octanol–water partition coefficient (Wildman–Crippen LogP) is 2.77. The molecule has 1 fully saturated rings. The zero-order valence-electron chi connectivity index (χ0n) is 11.3. The van der Waals surface area contributed by atoms with Crippen molar-refractivity contribution >= 4 is 21.4 Å². The highest BCUT2D eigenvalue weighted by molar-refractivity contribution is 7.91. The Kier molecular flexibility index (Phi) is 3.96. The first-order valence-electron chi connectivity index (χ1n) is 6.44. The van der Waals surface area contributed by atoms with Gasteiger partial charge >= 0.3 is 0 Å². The Morgan fingerprint density at radius 3 is 2.53 bits per heavy atom. The van der Waals surface area contributed by atoms with Crippen LogP contribution in [0.4, 0.5) is 0 Å². The van der Waals surface area contributed by atoms with Gasteiger partial charge in [0.1, 0.15) is 0 Å². The molecular formula is C14H20ClNO2S. The number of nitrogens with two attached hydrogens (primary N) is 1. The highest BCUT2D eigenvalue weighted by Crippen LogP contribution is 2.40. The molecule has 1 aromatic carbocycles. The Balaban J connectivity index is 2.23. The summed E-state index contributed by atoms with van der Waals surface area (Å²) < 4.78 is 25.0. The van der Waals surface area contributed by atoms with E-state index in [9.17, 15) is 8.42 Å². The van der Waals surface area contributed by atoms with Crippen LogP contribution in [-0.4, -0.2) is 19.7 Å². The van der Waals surface area contributed by atoms with Crippen molar-refractivity contribution in [2.75, 3.05) is 0 Å². The van der Waals surface area contributed by atoms with E-state index in [-0.39, 0.29) is 17.2 Å². The van der Waals surface area contributed by atoms with Crippen LogP contribution in [0.3, 0.4) is 0 Å². The summed E-state index contributed by atoms with van der Waals surface area (Å²) in [5.41, 5.74) is 6.66. The zero-order chi connectivity index (χ0) is 14.3. The van der Waals surface area contributed by atoms with Crippen LogP contribution in [0.5, 0.6) is 0 Å².